The molecule has 0 amide bonds. The number of aromatic nitrogens is 1. The number of methoxy groups -OCH3 is 1. The van der Waals surface area contributed by atoms with E-state index in [0.717, 1.165) is 10.9 Å². The lowest BCUT2D eigenvalue weighted by molar-refractivity contribution is 0.0603. The van der Waals surface area contributed by atoms with Gasteiger partial charge in [0.1, 0.15) is 6.61 Å². The van der Waals surface area contributed by atoms with Crippen molar-refractivity contribution >= 4 is 16.9 Å². The first-order valence-electron chi connectivity index (χ1n) is 5.05. The summed E-state index contributed by atoms with van der Waals surface area (Å²) in [5.74, 6) is 4.91. The minimum atomic E-state index is -0.401. The van der Waals surface area contributed by atoms with Crippen LogP contribution in [-0.4, -0.2) is 29.8 Å². The van der Waals surface area contributed by atoms with E-state index < -0.39 is 5.97 Å². The Labute approximate surface area is 98.2 Å². The van der Waals surface area contributed by atoms with Crippen molar-refractivity contribution in [2.24, 2.45) is 0 Å². The fourth-order valence-corrected chi connectivity index (χ4v) is 1.66. The van der Waals surface area contributed by atoms with Gasteiger partial charge in [-0.15, -0.1) is 0 Å². The number of rotatable bonds is 1. The number of ether oxygens (including phenoxy) is 1. The summed E-state index contributed by atoms with van der Waals surface area (Å²) in [4.78, 5) is 14.6. The summed E-state index contributed by atoms with van der Waals surface area (Å²) in [6, 6.07) is 5.29. The van der Waals surface area contributed by atoms with E-state index in [1.807, 2.05) is 12.1 Å². The van der Waals surface area contributed by atoms with Crippen molar-refractivity contribution in [3.05, 3.63) is 35.5 Å². The highest BCUT2D eigenvalue weighted by atomic mass is 16.5. The molecular weight excluding hydrogens is 218 g/mol. The number of aromatic amines is 1. The van der Waals surface area contributed by atoms with Gasteiger partial charge in [-0.25, -0.2) is 4.79 Å². The summed E-state index contributed by atoms with van der Waals surface area (Å²) in [5, 5.41) is 9.45. The van der Waals surface area contributed by atoms with Crippen LogP contribution in [0, 0.1) is 11.8 Å². The Hall–Kier alpha value is -2.25. The number of benzene rings is 1. The Morgan fingerprint density at radius 1 is 1.53 bits per heavy atom. The molecule has 2 rings (SSSR count). The molecule has 0 aliphatic carbocycles. The SMILES string of the molecule is COC(=O)c1cc(C#CCO)cc2[nH]ccc12. The van der Waals surface area contributed by atoms with Gasteiger partial charge < -0.3 is 14.8 Å². The fraction of sp³-hybridized carbons (Fsp3) is 0.154. The zero-order valence-electron chi connectivity index (χ0n) is 9.28. The zero-order valence-corrected chi connectivity index (χ0v) is 9.28. The molecule has 2 N–H and O–H groups in total. The van der Waals surface area contributed by atoms with Crippen molar-refractivity contribution in [2.75, 3.05) is 13.7 Å². The van der Waals surface area contributed by atoms with Crippen LogP contribution < -0.4 is 0 Å². The van der Waals surface area contributed by atoms with Gasteiger partial charge >= 0.3 is 5.97 Å². The van der Waals surface area contributed by atoms with Gasteiger partial charge in [0.25, 0.3) is 0 Å². The molecule has 0 atom stereocenters. The van der Waals surface area contributed by atoms with E-state index in [9.17, 15) is 4.79 Å². The Morgan fingerprint density at radius 3 is 3.06 bits per heavy atom. The van der Waals surface area contributed by atoms with E-state index in [4.69, 9.17) is 9.84 Å². The molecule has 0 aliphatic heterocycles. The third-order valence-electron chi connectivity index (χ3n) is 2.39. The number of esters is 1. The van der Waals surface area contributed by atoms with Crippen molar-refractivity contribution < 1.29 is 14.6 Å². The van der Waals surface area contributed by atoms with Crippen LogP contribution in [0.2, 0.25) is 0 Å². The lowest BCUT2D eigenvalue weighted by atomic mass is 10.1. The molecule has 0 unspecified atom stereocenters. The van der Waals surface area contributed by atoms with Gasteiger partial charge in [-0.3, -0.25) is 0 Å². The number of aliphatic hydroxyl groups is 1. The molecule has 4 heteroatoms. The molecule has 0 saturated carbocycles. The van der Waals surface area contributed by atoms with Crippen LogP contribution in [0.5, 0.6) is 0 Å². The lowest BCUT2D eigenvalue weighted by Gasteiger charge is -2.02. The smallest absolute Gasteiger partial charge is 0.338 e. The Morgan fingerprint density at radius 2 is 2.35 bits per heavy atom. The summed E-state index contributed by atoms with van der Waals surface area (Å²) in [5.41, 5.74) is 1.94. The third-order valence-corrected chi connectivity index (χ3v) is 2.39. The zero-order chi connectivity index (χ0) is 12.3. The normalized spacial score (nSPS) is 9.76. The molecule has 1 aromatic carbocycles. The van der Waals surface area contributed by atoms with Gasteiger partial charge in [0, 0.05) is 22.7 Å². The predicted molar refractivity (Wildman–Crippen MR) is 63.6 cm³/mol. The predicted octanol–water partition coefficient (Wildman–Crippen LogP) is 1.30. The van der Waals surface area contributed by atoms with Crippen molar-refractivity contribution in [3.63, 3.8) is 0 Å². The standard InChI is InChI=1S/C13H11NO3/c1-17-13(16)11-7-9(3-2-6-15)8-12-10(11)4-5-14-12/h4-5,7-8,14-15H,6H2,1H3. The summed E-state index contributed by atoms with van der Waals surface area (Å²) in [7, 11) is 1.34. The molecule has 86 valence electrons. The Balaban J connectivity index is 2.62. The van der Waals surface area contributed by atoms with E-state index in [1.165, 1.54) is 7.11 Å². The maximum atomic E-state index is 11.6. The van der Waals surface area contributed by atoms with Gasteiger partial charge in [-0.2, -0.15) is 0 Å². The third kappa shape index (κ3) is 2.14. The number of aliphatic hydroxyl groups excluding tert-OH is 1. The van der Waals surface area contributed by atoms with Crippen molar-refractivity contribution in [3.8, 4) is 11.8 Å². The number of nitrogens with one attached hydrogen (secondary N) is 1. The fourth-order valence-electron chi connectivity index (χ4n) is 1.66. The second-order valence-corrected chi connectivity index (χ2v) is 3.41. The van der Waals surface area contributed by atoms with Gasteiger partial charge in [0.2, 0.25) is 0 Å². The molecule has 0 spiro atoms. The molecule has 17 heavy (non-hydrogen) atoms. The van der Waals surface area contributed by atoms with E-state index in [1.54, 1.807) is 12.3 Å². The van der Waals surface area contributed by atoms with E-state index in [-0.39, 0.29) is 6.61 Å². The molecular formula is C13H11NO3. The first-order valence-corrected chi connectivity index (χ1v) is 5.05. The molecule has 1 aromatic heterocycles. The van der Waals surface area contributed by atoms with E-state index in [2.05, 4.69) is 16.8 Å². The number of hydrogen-bond donors (Lipinski definition) is 2. The molecule has 2 aromatic rings. The molecule has 4 nitrogen and oxygen atoms in total. The first-order chi connectivity index (χ1) is 8.26. The highest BCUT2D eigenvalue weighted by Crippen LogP contribution is 2.20. The van der Waals surface area contributed by atoms with E-state index >= 15 is 0 Å². The van der Waals surface area contributed by atoms with Crippen LogP contribution in [0.4, 0.5) is 0 Å². The lowest BCUT2D eigenvalue weighted by Crippen LogP contribution is -2.02. The largest absolute Gasteiger partial charge is 0.465 e. The topological polar surface area (TPSA) is 62.3 Å². The van der Waals surface area contributed by atoms with Crippen molar-refractivity contribution in [1.29, 1.82) is 0 Å². The van der Waals surface area contributed by atoms with Crippen LogP contribution in [0.15, 0.2) is 24.4 Å². The summed E-state index contributed by atoms with van der Waals surface area (Å²) < 4.78 is 4.72. The first kappa shape index (κ1) is 11.2. The maximum Gasteiger partial charge on any atom is 0.338 e. The summed E-state index contributed by atoms with van der Waals surface area (Å²) in [6.45, 7) is -0.212. The maximum absolute atomic E-state index is 11.6. The minimum absolute atomic E-state index is 0.212. The van der Waals surface area contributed by atoms with Gasteiger partial charge in [0.15, 0.2) is 0 Å². The average molecular weight is 229 g/mol. The van der Waals surface area contributed by atoms with Gasteiger partial charge in [-0.05, 0) is 18.2 Å². The highest BCUT2D eigenvalue weighted by molar-refractivity contribution is 6.04. The van der Waals surface area contributed by atoms with Gasteiger partial charge in [0.05, 0.1) is 12.7 Å². The van der Waals surface area contributed by atoms with E-state index in [0.29, 0.717) is 11.1 Å². The molecule has 0 fully saturated rings. The Kier molecular flexibility index (Phi) is 3.12. The average Bonchev–Trinajstić information content (AvgIpc) is 2.82. The number of hydrogen-bond acceptors (Lipinski definition) is 3. The molecule has 0 radical (unpaired) electrons. The molecule has 0 bridgehead atoms. The number of H-pyrrole nitrogens is 1. The number of carbonyl (C=O) groups is 1. The molecule has 0 aliphatic rings. The van der Waals surface area contributed by atoms with Crippen LogP contribution in [0.25, 0.3) is 10.9 Å². The highest BCUT2D eigenvalue weighted by Gasteiger charge is 2.12. The number of carbonyl (C=O) groups excluding carboxylic acids is 1. The van der Waals surface area contributed by atoms with Crippen molar-refractivity contribution in [2.45, 2.75) is 0 Å². The molecule has 0 saturated heterocycles. The minimum Gasteiger partial charge on any atom is -0.465 e. The van der Waals surface area contributed by atoms with Gasteiger partial charge in [-0.1, -0.05) is 11.8 Å². The van der Waals surface area contributed by atoms with Crippen LogP contribution in [0.1, 0.15) is 15.9 Å². The summed E-state index contributed by atoms with van der Waals surface area (Å²) in [6.07, 6.45) is 1.75. The quantitative estimate of drug-likeness (QED) is 0.572. The number of fused-ring (bicyclic) bond motifs is 1. The second-order valence-electron chi connectivity index (χ2n) is 3.41. The molecule has 1 heterocycles. The van der Waals surface area contributed by atoms with Crippen LogP contribution in [0.3, 0.4) is 0 Å². The van der Waals surface area contributed by atoms with Crippen molar-refractivity contribution in [1.82, 2.24) is 4.98 Å². The summed E-state index contributed by atoms with van der Waals surface area (Å²) >= 11 is 0. The monoisotopic (exact) mass is 229 g/mol. The van der Waals surface area contributed by atoms with Crippen LogP contribution >= 0.6 is 0 Å². The second kappa shape index (κ2) is 4.73. The Bertz CT molecular complexity index is 616. The van der Waals surface area contributed by atoms with Crippen LogP contribution in [-0.2, 0) is 4.74 Å².